The second-order valence-electron chi connectivity index (χ2n) is 9.43. The van der Waals surface area contributed by atoms with Crippen LogP contribution < -0.4 is 20.7 Å². The van der Waals surface area contributed by atoms with Gasteiger partial charge >= 0.3 is 6.09 Å². The average molecular weight is 525 g/mol. The van der Waals surface area contributed by atoms with Gasteiger partial charge in [0.25, 0.3) is 5.91 Å². The molecule has 0 bridgehead atoms. The van der Waals surface area contributed by atoms with Crippen molar-refractivity contribution in [3.8, 4) is 5.88 Å². The summed E-state index contributed by atoms with van der Waals surface area (Å²) in [6.45, 7) is 6.71. The lowest BCUT2D eigenvalue weighted by Gasteiger charge is -2.19. The molecule has 1 aromatic carbocycles. The second kappa shape index (κ2) is 13.9. The van der Waals surface area contributed by atoms with Gasteiger partial charge < -0.3 is 25.4 Å². The van der Waals surface area contributed by atoms with Crippen LogP contribution in [-0.2, 0) is 11.3 Å². The Labute approximate surface area is 221 Å². The number of alkyl carbamates (subject to hydrolysis) is 1. The van der Waals surface area contributed by atoms with Crippen LogP contribution >= 0.6 is 0 Å². The summed E-state index contributed by atoms with van der Waals surface area (Å²) >= 11 is 0. The first-order chi connectivity index (χ1) is 18.2. The molecule has 202 valence electrons. The van der Waals surface area contributed by atoms with Crippen molar-refractivity contribution in [1.29, 1.82) is 0 Å². The highest BCUT2D eigenvalue weighted by atomic mass is 19.1. The van der Waals surface area contributed by atoms with Crippen molar-refractivity contribution >= 4 is 23.6 Å². The average Bonchev–Trinajstić information content (AvgIpc) is 2.87. The lowest BCUT2D eigenvalue weighted by atomic mass is 10.2. The van der Waals surface area contributed by atoms with E-state index in [0.29, 0.717) is 25.6 Å². The van der Waals surface area contributed by atoms with Gasteiger partial charge in [-0.25, -0.2) is 9.78 Å². The first kappa shape index (κ1) is 28.3. The standard InChI is InChI=1S/C27H33FN6O4/c1-27(2,3)38-26(36)30-17-9-5-8-16-29-24-20(12-13-21(28)31-24)25(35)32-22-14-15-23(34-33-22)37-18-19-10-6-4-7-11-19/h4,6-7,10-15H,5,8-9,16-18H2,1-3H3,(H,29,31)(H,30,36)(H,32,33,35). The highest BCUT2D eigenvalue weighted by molar-refractivity contribution is 6.07. The van der Waals surface area contributed by atoms with E-state index < -0.39 is 23.5 Å². The molecule has 0 radical (unpaired) electrons. The van der Waals surface area contributed by atoms with Gasteiger partial charge in [0.2, 0.25) is 11.8 Å². The van der Waals surface area contributed by atoms with Crippen LogP contribution in [0.15, 0.2) is 54.6 Å². The summed E-state index contributed by atoms with van der Waals surface area (Å²) in [7, 11) is 0. The van der Waals surface area contributed by atoms with E-state index in [-0.39, 0.29) is 17.2 Å². The van der Waals surface area contributed by atoms with Crippen LogP contribution in [0.5, 0.6) is 5.88 Å². The molecular weight excluding hydrogens is 491 g/mol. The molecule has 0 aliphatic carbocycles. The predicted octanol–water partition coefficient (Wildman–Crippen LogP) is 4.95. The quantitative estimate of drug-likeness (QED) is 0.224. The fourth-order valence-electron chi connectivity index (χ4n) is 3.27. The van der Waals surface area contributed by atoms with Gasteiger partial charge in [-0.1, -0.05) is 30.3 Å². The zero-order valence-electron chi connectivity index (χ0n) is 21.8. The third kappa shape index (κ3) is 10.00. The molecule has 11 heteroatoms. The zero-order valence-corrected chi connectivity index (χ0v) is 21.8. The van der Waals surface area contributed by atoms with Gasteiger partial charge in [-0.05, 0) is 63.8 Å². The number of hydrogen-bond donors (Lipinski definition) is 3. The third-order valence-electron chi connectivity index (χ3n) is 5.03. The number of ether oxygens (including phenoxy) is 2. The molecule has 0 saturated carbocycles. The van der Waals surface area contributed by atoms with Crippen molar-refractivity contribution in [2.75, 3.05) is 23.7 Å². The maximum Gasteiger partial charge on any atom is 0.407 e. The monoisotopic (exact) mass is 524 g/mol. The largest absolute Gasteiger partial charge is 0.472 e. The Bertz CT molecular complexity index is 1190. The van der Waals surface area contributed by atoms with Crippen LogP contribution in [0.3, 0.4) is 0 Å². The highest BCUT2D eigenvalue weighted by Crippen LogP contribution is 2.17. The summed E-state index contributed by atoms with van der Waals surface area (Å²) in [5, 5.41) is 16.3. The van der Waals surface area contributed by atoms with E-state index in [1.54, 1.807) is 32.9 Å². The number of nitrogens with zero attached hydrogens (tertiary/aromatic N) is 3. The zero-order chi connectivity index (χ0) is 27.4. The number of amides is 2. The number of halogens is 1. The molecule has 2 aromatic heterocycles. The van der Waals surface area contributed by atoms with E-state index in [1.165, 1.54) is 6.07 Å². The molecule has 10 nitrogen and oxygen atoms in total. The number of carbonyl (C=O) groups is 2. The Morgan fingerprint density at radius 3 is 2.39 bits per heavy atom. The molecule has 0 fully saturated rings. The number of rotatable bonds is 12. The number of pyridine rings is 1. The van der Waals surface area contributed by atoms with Crippen LogP contribution in [-0.4, -0.2) is 45.9 Å². The molecule has 3 N–H and O–H groups in total. The second-order valence-corrected chi connectivity index (χ2v) is 9.43. The minimum atomic E-state index is -0.703. The lowest BCUT2D eigenvalue weighted by molar-refractivity contribution is 0.0527. The number of benzene rings is 1. The highest BCUT2D eigenvalue weighted by Gasteiger charge is 2.16. The van der Waals surface area contributed by atoms with Crippen molar-refractivity contribution in [2.45, 2.75) is 52.2 Å². The van der Waals surface area contributed by atoms with Crippen LogP contribution in [0.1, 0.15) is 56.0 Å². The minimum absolute atomic E-state index is 0.130. The molecule has 3 rings (SSSR count). The Morgan fingerprint density at radius 2 is 1.68 bits per heavy atom. The van der Waals surface area contributed by atoms with Gasteiger partial charge in [-0.3, -0.25) is 4.79 Å². The number of anilines is 2. The predicted molar refractivity (Wildman–Crippen MR) is 142 cm³/mol. The van der Waals surface area contributed by atoms with Crippen molar-refractivity contribution in [2.24, 2.45) is 0 Å². The maximum absolute atomic E-state index is 13.8. The molecule has 0 atom stereocenters. The van der Waals surface area contributed by atoms with Gasteiger partial charge in [0.05, 0.1) is 5.56 Å². The number of unbranched alkanes of at least 4 members (excludes halogenated alkanes) is 2. The molecule has 3 aromatic rings. The fourth-order valence-corrected chi connectivity index (χ4v) is 3.27. The van der Waals surface area contributed by atoms with Gasteiger partial charge in [-0.2, -0.15) is 4.39 Å². The first-order valence-corrected chi connectivity index (χ1v) is 12.4. The summed E-state index contributed by atoms with van der Waals surface area (Å²) < 4.78 is 24.6. The Hall–Kier alpha value is -4.28. The van der Waals surface area contributed by atoms with E-state index in [1.807, 2.05) is 30.3 Å². The van der Waals surface area contributed by atoms with E-state index in [0.717, 1.165) is 30.9 Å². The molecule has 0 aliphatic rings. The fraction of sp³-hybridized carbons (Fsp3) is 0.370. The normalized spacial score (nSPS) is 10.9. The first-order valence-electron chi connectivity index (χ1n) is 12.4. The van der Waals surface area contributed by atoms with Crippen LogP contribution in [0.4, 0.5) is 20.8 Å². The summed E-state index contributed by atoms with van der Waals surface area (Å²) in [5.74, 6) is -0.543. The summed E-state index contributed by atoms with van der Waals surface area (Å²) in [6, 6.07) is 15.3. The number of hydrogen-bond acceptors (Lipinski definition) is 8. The van der Waals surface area contributed by atoms with Gasteiger partial charge in [0, 0.05) is 19.2 Å². The number of nitrogens with one attached hydrogen (secondary N) is 3. The molecule has 0 saturated heterocycles. The topological polar surface area (TPSA) is 127 Å². The molecule has 0 unspecified atom stereocenters. The smallest absolute Gasteiger partial charge is 0.407 e. The SMILES string of the molecule is CC(C)(C)OC(=O)NCCCCCNc1nc(F)ccc1C(=O)Nc1ccc(OCc2ccccc2)nn1. The Morgan fingerprint density at radius 1 is 0.921 bits per heavy atom. The van der Waals surface area contributed by atoms with Crippen LogP contribution in [0.25, 0.3) is 0 Å². The maximum atomic E-state index is 13.8. The Kier molecular flexibility index (Phi) is 10.3. The molecule has 0 spiro atoms. The van der Waals surface area contributed by atoms with Crippen molar-refractivity contribution < 1.29 is 23.5 Å². The third-order valence-corrected chi connectivity index (χ3v) is 5.03. The van der Waals surface area contributed by atoms with E-state index >= 15 is 0 Å². The number of carbonyl (C=O) groups excluding carboxylic acids is 2. The van der Waals surface area contributed by atoms with Crippen LogP contribution in [0, 0.1) is 5.95 Å². The summed E-state index contributed by atoms with van der Waals surface area (Å²) in [5.41, 5.74) is 0.625. The van der Waals surface area contributed by atoms with Crippen molar-refractivity contribution in [3.05, 3.63) is 71.7 Å². The van der Waals surface area contributed by atoms with Crippen molar-refractivity contribution in [3.63, 3.8) is 0 Å². The Balaban J connectivity index is 1.44. The molecule has 0 aliphatic heterocycles. The van der Waals surface area contributed by atoms with E-state index in [2.05, 4.69) is 31.1 Å². The van der Waals surface area contributed by atoms with Crippen LogP contribution in [0.2, 0.25) is 0 Å². The molecule has 2 amide bonds. The van der Waals surface area contributed by atoms with Gasteiger partial charge in [-0.15, -0.1) is 10.2 Å². The number of aromatic nitrogens is 3. The lowest BCUT2D eigenvalue weighted by Crippen LogP contribution is -2.33. The summed E-state index contributed by atoms with van der Waals surface area (Å²) in [4.78, 5) is 28.3. The molecule has 2 heterocycles. The van der Waals surface area contributed by atoms with Crippen molar-refractivity contribution in [1.82, 2.24) is 20.5 Å². The van der Waals surface area contributed by atoms with E-state index in [4.69, 9.17) is 9.47 Å². The molecular formula is C27H33FN6O4. The minimum Gasteiger partial charge on any atom is -0.472 e. The van der Waals surface area contributed by atoms with Gasteiger partial charge in [0.15, 0.2) is 5.82 Å². The molecule has 38 heavy (non-hydrogen) atoms. The van der Waals surface area contributed by atoms with Gasteiger partial charge in [0.1, 0.15) is 18.0 Å². The van der Waals surface area contributed by atoms with E-state index in [9.17, 15) is 14.0 Å². The summed E-state index contributed by atoms with van der Waals surface area (Å²) in [6.07, 6.45) is 1.82.